The van der Waals surface area contributed by atoms with Crippen LogP contribution in [0.1, 0.15) is 17.5 Å². The molecule has 0 fully saturated rings. The first-order valence-corrected chi connectivity index (χ1v) is 4.77. The SMILES string of the molecule is N#CCC=Cc1ccccc1/C=C/C(=O)O. The second kappa shape index (κ2) is 6.20. The molecule has 16 heavy (non-hydrogen) atoms. The molecule has 0 heterocycles. The molecule has 0 atom stereocenters. The fourth-order valence-corrected chi connectivity index (χ4v) is 1.21. The smallest absolute Gasteiger partial charge is 0.328 e. The van der Waals surface area contributed by atoms with Gasteiger partial charge in [0.1, 0.15) is 0 Å². The monoisotopic (exact) mass is 213 g/mol. The lowest BCUT2D eigenvalue weighted by molar-refractivity contribution is -0.131. The van der Waals surface area contributed by atoms with Crippen molar-refractivity contribution in [2.75, 3.05) is 0 Å². The summed E-state index contributed by atoms with van der Waals surface area (Å²) < 4.78 is 0. The fraction of sp³-hybridized carbons (Fsp3) is 0.0769. The van der Waals surface area contributed by atoms with E-state index in [9.17, 15) is 4.79 Å². The first-order chi connectivity index (χ1) is 7.74. The van der Waals surface area contributed by atoms with Gasteiger partial charge in [-0.05, 0) is 17.2 Å². The van der Waals surface area contributed by atoms with E-state index in [0.717, 1.165) is 17.2 Å². The van der Waals surface area contributed by atoms with Crippen LogP contribution in [-0.2, 0) is 4.79 Å². The van der Waals surface area contributed by atoms with Crippen LogP contribution in [0, 0.1) is 11.3 Å². The number of nitrogens with zero attached hydrogens (tertiary/aromatic N) is 1. The summed E-state index contributed by atoms with van der Waals surface area (Å²) in [6.45, 7) is 0. The predicted molar refractivity (Wildman–Crippen MR) is 62.4 cm³/mol. The Kier molecular flexibility index (Phi) is 4.55. The average Bonchev–Trinajstić information content (AvgIpc) is 2.28. The minimum atomic E-state index is -0.976. The molecule has 0 aliphatic rings. The largest absolute Gasteiger partial charge is 0.478 e. The lowest BCUT2D eigenvalue weighted by Gasteiger charge is -1.98. The van der Waals surface area contributed by atoms with Crippen LogP contribution in [0.4, 0.5) is 0 Å². The first kappa shape index (κ1) is 11.7. The summed E-state index contributed by atoms with van der Waals surface area (Å²) in [5, 5.41) is 16.9. The Bertz CT molecular complexity index is 467. The number of carboxylic acids is 1. The van der Waals surface area contributed by atoms with Crippen LogP contribution in [-0.4, -0.2) is 11.1 Å². The molecule has 0 saturated carbocycles. The molecule has 80 valence electrons. The molecule has 0 saturated heterocycles. The summed E-state index contributed by atoms with van der Waals surface area (Å²) in [5.41, 5.74) is 1.72. The number of rotatable bonds is 4. The average molecular weight is 213 g/mol. The highest BCUT2D eigenvalue weighted by Crippen LogP contribution is 2.12. The highest BCUT2D eigenvalue weighted by atomic mass is 16.4. The van der Waals surface area contributed by atoms with Crippen molar-refractivity contribution >= 4 is 18.1 Å². The number of aliphatic carboxylic acids is 1. The Morgan fingerprint density at radius 3 is 2.50 bits per heavy atom. The topological polar surface area (TPSA) is 61.1 Å². The molecule has 0 aromatic heterocycles. The van der Waals surface area contributed by atoms with Gasteiger partial charge in [0, 0.05) is 6.08 Å². The third-order valence-electron chi connectivity index (χ3n) is 1.91. The molecule has 3 heteroatoms. The number of nitriles is 1. The van der Waals surface area contributed by atoms with Crippen molar-refractivity contribution < 1.29 is 9.90 Å². The van der Waals surface area contributed by atoms with Crippen LogP contribution in [0.2, 0.25) is 0 Å². The normalized spacial score (nSPS) is 10.7. The van der Waals surface area contributed by atoms with E-state index in [1.807, 2.05) is 36.4 Å². The number of carbonyl (C=O) groups is 1. The zero-order valence-electron chi connectivity index (χ0n) is 8.63. The Labute approximate surface area is 94.0 Å². The number of benzene rings is 1. The second-order valence-electron chi connectivity index (χ2n) is 3.07. The highest BCUT2D eigenvalue weighted by Gasteiger charge is 1.94. The van der Waals surface area contributed by atoms with Gasteiger partial charge in [-0.25, -0.2) is 4.79 Å². The maximum Gasteiger partial charge on any atom is 0.328 e. The van der Waals surface area contributed by atoms with Crippen LogP contribution in [0.15, 0.2) is 36.4 Å². The van der Waals surface area contributed by atoms with Gasteiger partial charge in [-0.1, -0.05) is 36.4 Å². The van der Waals surface area contributed by atoms with Crippen molar-refractivity contribution in [3.8, 4) is 6.07 Å². The molecule has 0 aliphatic heterocycles. The van der Waals surface area contributed by atoms with Gasteiger partial charge in [0.2, 0.25) is 0 Å². The molecule has 0 amide bonds. The van der Waals surface area contributed by atoms with Gasteiger partial charge in [0.05, 0.1) is 12.5 Å². The molecule has 0 unspecified atom stereocenters. The third kappa shape index (κ3) is 3.81. The zero-order valence-corrected chi connectivity index (χ0v) is 8.63. The Morgan fingerprint density at radius 1 is 1.31 bits per heavy atom. The molecule has 1 aromatic rings. The molecule has 1 rings (SSSR count). The molecule has 3 nitrogen and oxygen atoms in total. The van der Waals surface area contributed by atoms with Crippen LogP contribution < -0.4 is 0 Å². The first-order valence-electron chi connectivity index (χ1n) is 4.77. The summed E-state index contributed by atoms with van der Waals surface area (Å²) in [6.07, 6.45) is 6.53. The van der Waals surface area contributed by atoms with Gasteiger partial charge in [-0.15, -0.1) is 0 Å². The van der Waals surface area contributed by atoms with E-state index in [-0.39, 0.29) is 0 Å². The van der Waals surface area contributed by atoms with Crippen molar-refractivity contribution in [3.05, 3.63) is 47.5 Å². The van der Waals surface area contributed by atoms with Gasteiger partial charge in [-0.2, -0.15) is 5.26 Å². The van der Waals surface area contributed by atoms with Crippen molar-refractivity contribution in [1.29, 1.82) is 5.26 Å². The van der Waals surface area contributed by atoms with E-state index in [4.69, 9.17) is 10.4 Å². The number of allylic oxidation sites excluding steroid dienone is 1. The standard InChI is InChI=1S/C13H11NO2/c14-10-4-3-7-11-5-1-2-6-12(11)8-9-13(15)16/h1-3,5-9H,4H2,(H,15,16)/b7-3?,9-8+. The molecule has 0 aliphatic carbocycles. The summed E-state index contributed by atoms with van der Waals surface area (Å²) in [7, 11) is 0. The molecule has 0 bridgehead atoms. The summed E-state index contributed by atoms with van der Waals surface area (Å²) in [4.78, 5) is 10.4. The van der Waals surface area contributed by atoms with Crippen LogP contribution in [0.5, 0.6) is 0 Å². The summed E-state index contributed by atoms with van der Waals surface area (Å²) >= 11 is 0. The quantitative estimate of drug-likeness (QED) is 0.782. The summed E-state index contributed by atoms with van der Waals surface area (Å²) in [5.74, 6) is -0.976. The van der Waals surface area contributed by atoms with Gasteiger partial charge in [0.15, 0.2) is 0 Å². The van der Waals surface area contributed by atoms with Gasteiger partial charge < -0.3 is 5.11 Å². The minimum absolute atomic E-state index is 0.344. The van der Waals surface area contributed by atoms with E-state index in [2.05, 4.69) is 0 Å². The summed E-state index contributed by atoms with van der Waals surface area (Å²) in [6, 6.07) is 9.41. The molecule has 0 spiro atoms. The Balaban J connectivity index is 2.92. The van der Waals surface area contributed by atoms with Crippen molar-refractivity contribution in [1.82, 2.24) is 0 Å². The predicted octanol–water partition coefficient (Wildman–Crippen LogP) is 2.71. The molecular formula is C13H11NO2. The van der Waals surface area contributed by atoms with Crippen LogP contribution >= 0.6 is 0 Å². The maximum atomic E-state index is 10.4. The Morgan fingerprint density at radius 2 is 1.94 bits per heavy atom. The van der Waals surface area contributed by atoms with Crippen LogP contribution in [0.3, 0.4) is 0 Å². The van der Waals surface area contributed by atoms with Crippen molar-refractivity contribution in [3.63, 3.8) is 0 Å². The molecule has 1 N–H and O–H groups in total. The fourth-order valence-electron chi connectivity index (χ4n) is 1.21. The van der Waals surface area contributed by atoms with Gasteiger partial charge in [-0.3, -0.25) is 0 Å². The van der Waals surface area contributed by atoms with Gasteiger partial charge in [0.25, 0.3) is 0 Å². The third-order valence-corrected chi connectivity index (χ3v) is 1.91. The minimum Gasteiger partial charge on any atom is -0.478 e. The highest BCUT2D eigenvalue weighted by molar-refractivity contribution is 5.86. The second-order valence-corrected chi connectivity index (χ2v) is 3.07. The maximum absolute atomic E-state index is 10.4. The zero-order chi connectivity index (χ0) is 11.8. The lowest BCUT2D eigenvalue weighted by Crippen LogP contribution is -1.87. The van der Waals surface area contributed by atoms with Crippen molar-refractivity contribution in [2.24, 2.45) is 0 Å². The van der Waals surface area contributed by atoms with Crippen molar-refractivity contribution in [2.45, 2.75) is 6.42 Å². The van der Waals surface area contributed by atoms with E-state index < -0.39 is 5.97 Å². The number of carboxylic acid groups (broad SMARTS) is 1. The molecule has 1 aromatic carbocycles. The van der Waals surface area contributed by atoms with E-state index in [1.165, 1.54) is 6.08 Å². The lowest BCUT2D eigenvalue weighted by atomic mass is 10.1. The van der Waals surface area contributed by atoms with E-state index in [1.54, 1.807) is 6.08 Å². The van der Waals surface area contributed by atoms with E-state index >= 15 is 0 Å². The van der Waals surface area contributed by atoms with Gasteiger partial charge >= 0.3 is 5.97 Å². The molecule has 0 radical (unpaired) electrons. The number of hydrogen-bond donors (Lipinski definition) is 1. The van der Waals surface area contributed by atoms with E-state index in [0.29, 0.717) is 6.42 Å². The van der Waals surface area contributed by atoms with Crippen LogP contribution in [0.25, 0.3) is 12.2 Å². The Hall–Kier alpha value is -2.34. The number of hydrogen-bond acceptors (Lipinski definition) is 2. The molecular weight excluding hydrogens is 202 g/mol.